The molecule has 0 unspecified atom stereocenters. The van der Waals surface area contributed by atoms with Crippen molar-refractivity contribution >= 4 is 69.0 Å². The fourth-order valence-corrected chi connectivity index (χ4v) is 6.38. The minimum absolute atomic E-state index is 0.00189. The first-order valence-electron chi connectivity index (χ1n) is 14.9. The summed E-state index contributed by atoms with van der Waals surface area (Å²) in [4.78, 5) is 58.3. The molecule has 0 spiro atoms. The molecule has 266 valence electrons. The Balaban J connectivity index is 1.68. The number of amides is 2. The number of nitrogens with two attached hydrogens (primary N) is 2. The maximum atomic E-state index is 15.9. The number of aromatic carboxylic acids is 2. The van der Waals surface area contributed by atoms with Gasteiger partial charge in [-0.15, -0.1) is 0 Å². The van der Waals surface area contributed by atoms with Gasteiger partial charge in [0.15, 0.2) is 23.1 Å². The molecule has 2 heterocycles. The SMILES string of the molecule is COc1c(C(N)=O)ccc2c1nc(-c1c(C(=O)O)ccc(Cl)c1F)n2CCn1c(-c2c(C(=O)O)ccc(Cl)c2F)nc2c(OC)c(C(N)=O)ccc21. The van der Waals surface area contributed by atoms with E-state index in [1.165, 1.54) is 47.6 Å². The quantitative estimate of drug-likeness (QED) is 0.128. The number of imidazole rings is 2. The van der Waals surface area contributed by atoms with Crippen LogP contribution in [0.5, 0.6) is 11.5 Å². The summed E-state index contributed by atoms with van der Waals surface area (Å²) >= 11 is 12.2. The van der Waals surface area contributed by atoms with Gasteiger partial charge in [0.05, 0.1) is 68.7 Å². The standard InChI is InChI=1S/C34H24Cl2F2N6O8/c1-51-27-15(29(39)45)5-9-19-25(27)41-31(21-13(33(47)48)3-7-17(35)23(21)37)43(19)11-12-44-20-10-6-16(30(40)46)28(52-2)26(20)42-32(44)22-14(34(49)50)4-8-18(36)24(22)38/h3-10H,11-12H2,1-2H3,(H2,39,45)(H2,40,46)(H,47,48)(H,49,50). The fourth-order valence-electron chi connectivity index (χ4n) is 6.06. The summed E-state index contributed by atoms with van der Waals surface area (Å²) < 4.78 is 45.5. The molecule has 0 saturated carbocycles. The van der Waals surface area contributed by atoms with E-state index in [1.54, 1.807) is 0 Å². The molecular weight excluding hydrogens is 729 g/mol. The topological polar surface area (TPSA) is 215 Å². The number of fused-ring (bicyclic) bond motifs is 2. The van der Waals surface area contributed by atoms with Gasteiger partial charge in [-0.3, -0.25) is 9.59 Å². The van der Waals surface area contributed by atoms with E-state index in [0.29, 0.717) is 0 Å². The van der Waals surface area contributed by atoms with Crippen LogP contribution in [0.2, 0.25) is 10.0 Å². The Morgan fingerprint density at radius 2 is 1.00 bits per heavy atom. The highest BCUT2D eigenvalue weighted by atomic mass is 35.5. The van der Waals surface area contributed by atoms with Crippen molar-refractivity contribution in [1.82, 2.24) is 19.1 Å². The summed E-state index contributed by atoms with van der Waals surface area (Å²) in [5.74, 6) is -7.67. The first kappa shape index (κ1) is 35.6. The number of aryl methyl sites for hydroxylation is 2. The second-order valence-corrected chi connectivity index (χ2v) is 11.9. The first-order valence-corrected chi connectivity index (χ1v) is 15.6. The molecule has 4 aromatic carbocycles. The van der Waals surface area contributed by atoms with Gasteiger partial charge in [0.1, 0.15) is 22.7 Å². The van der Waals surface area contributed by atoms with Gasteiger partial charge in [0, 0.05) is 13.1 Å². The lowest BCUT2D eigenvalue weighted by Crippen LogP contribution is -2.14. The van der Waals surface area contributed by atoms with Crippen LogP contribution < -0.4 is 20.9 Å². The summed E-state index contributed by atoms with van der Waals surface area (Å²) in [6, 6.07) is 9.88. The summed E-state index contributed by atoms with van der Waals surface area (Å²) in [6.07, 6.45) is 0. The molecule has 0 aliphatic heterocycles. The van der Waals surface area contributed by atoms with E-state index in [1.807, 2.05) is 0 Å². The van der Waals surface area contributed by atoms with Gasteiger partial charge < -0.3 is 40.3 Å². The third-order valence-electron chi connectivity index (χ3n) is 8.33. The molecule has 2 aromatic heterocycles. The Kier molecular flexibility index (Phi) is 9.21. The lowest BCUT2D eigenvalue weighted by molar-refractivity contribution is 0.0686. The maximum Gasteiger partial charge on any atom is 0.336 e. The molecule has 6 N–H and O–H groups in total. The number of halogens is 4. The lowest BCUT2D eigenvalue weighted by atomic mass is 10.1. The number of rotatable bonds is 11. The predicted octanol–water partition coefficient (Wildman–Crippen LogP) is 5.62. The highest BCUT2D eigenvalue weighted by molar-refractivity contribution is 6.31. The van der Waals surface area contributed by atoms with Crippen LogP contribution in [0.15, 0.2) is 48.5 Å². The molecule has 0 bridgehead atoms. The zero-order valence-electron chi connectivity index (χ0n) is 26.8. The Bertz CT molecular complexity index is 2360. The molecule has 14 nitrogen and oxygen atoms in total. The summed E-state index contributed by atoms with van der Waals surface area (Å²) in [5.41, 5.74) is 9.40. The smallest absolute Gasteiger partial charge is 0.336 e. The Morgan fingerprint density at radius 1 is 0.654 bits per heavy atom. The van der Waals surface area contributed by atoms with E-state index in [-0.39, 0.29) is 69.4 Å². The van der Waals surface area contributed by atoms with Crippen LogP contribution in [0.25, 0.3) is 44.8 Å². The Morgan fingerprint density at radius 3 is 1.31 bits per heavy atom. The summed E-state index contributed by atoms with van der Waals surface area (Å²) in [7, 11) is 2.50. The molecule has 2 amide bonds. The van der Waals surface area contributed by atoms with Gasteiger partial charge in [-0.05, 0) is 48.5 Å². The molecule has 0 aliphatic rings. The van der Waals surface area contributed by atoms with E-state index in [4.69, 9.17) is 44.1 Å². The maximum absolute atomic E-state index is 15.9. The normalized spacial score (nSPS) is 11.3. The van der Waals surface area contributed by atoms with E-state index in [9.17, 15) is 29.4 Å². The number of carboxylic acids is 2. The number of nitrogens with zero attached hydrogens (tertiary/aromatic N) is 4. The number of hydrogen-bond acceptors (Lipinski definition) is 8. The number of primary amides is 2. The Labute approximate surface area is 300 Å². The molecule has 0 aliphatic carbocycles. The molecule has 0 atom stereocenters. The van der Waals surface area contributed by atoms with Crippen molar-refractivity contribution in [3.63, 3.8) is 0 Å². The van der Waals surface area contributed by atoms with Crippen molar-refractivity contribution < 1.29 is 47.6 Å². The zero-order chi connectivity index (χ0) is 37.8. The first-order chi connectivity index (χ1) is 24.7. The van der Waals surface area contributed by atoms with Crippen LogP contribution in [0.3, 0.4) is 0 Å². The van der Waals surface area contributed by atoms with Crippen LogP contribution in [-0.4, -0.2) is 67.3 Å². The van der Waals surface area contributed by atoms with E-state index >= 15 is 8.78 Å². The van der Waals surface area contributed by atoms with Gasteiger partial charge in [0.25, 0.3) is 11.8 Å². The highest BCUT2D eigenvalue weighted by Gasteiger charge is 2.30. The zero-order valence-corrected chi connectivity index (χ0v) is 28.3. The summed E-state index contributed by atoms with van der Waals surface area (Å²) in [5, 5.41) is 19.2. The summed E-state index contributed by atoms with van der Waals surface area (Å²) in [6.45, 7) is -0.447. The second kappa shape index (κ2) is 13.5. The molecule has 6 aromatic rings. The molecular formula is C34H24Cl2F2N6O8. The number of carbonyl (C=O) groups excluding carboxylic acids is 2. The molecule has 0 radical (unpaired) electrons. The largest absolute Gasteiger partial charge is 0.494 e. The van der Waals surface area contributed by atoms with Crippen molar-refractivity contribution in [1.29, 1.82) is 0 Å². The van der Waals surface area contributed by atoms with Gasteiger partial charge in [-0.1, -0.05) is 23.2 Å². The lowest BCUT2D eigenvalue weighted by Gasteiger charge is -2.16. The number of benzene rings is 4. The van der Waals surface area contributed by atoms with Crippen LogP contribution in [0.4, 0.5) is 8.78 Å². The number of carbonyl (C=O) groups is 4. The van der Waals surface area contributed by atoms with Gasteiger partial charge in [-0.2, -0.15) is 0 Å². The van der Waals surface area contributed by atoms with Crippen molar-refractivity contribution in [2.45, 2.75) is 13.1 Å². The van der Waals surface area contributed by atoms with Crippen LogP contribution >= 0.6 is 23.2 Å². The average molecular weight is 754 g/mol. The highest BCUT2D eigenvalue weighted by Crippen LogP contribution is 2.40. The van der Waals surface area contributed by atoms with Crippen LogP contribution in [0.1, 0.15) is 41.4 Å². The number of carboxylic acid groups (broad SMARTS) is 2. The number of aromatic nitrogens is 4. The minimum atomic E-state index is -1.51. The molecule has 52 heavy (non-hydrogen) atoms. The van der Waals surface area contributed by atoms with Gasteiger partial charge in [0.2, 0.25) is 0 Å². The number of methoxy groups -OCH3 is 2. The van der Waals surface area contributed by atoms with Crippen molar-refractivity contribution in [2.24, 2.45) is 11.5 Å². The fraction of sp³-hybridized carbons (Fsp3) is 0.118. The van der Waals surface area contributed by atoms with Gasteiger partial charge in [-0.25, -0.2) is 28.3 Å². The monoisotopic (exact) mass is 752 g/mol. The number of hydrogen-bond donors (Lipinski definition) is 4. The van der Waals surface area contributed by atoms with Crippen molar-refractivity contribution in [3.8, 4) is 34.3 Å². The predicted molar refractivity (Wildman–Crippen MR) is 184 cm³/mol. The second-order valence-electron chi connectivity index (χ2n) is 11.1. The van der Waals surface area contributed by atoms with E-state index in [0.717, 1.165) is 24.3 Å². The van der Waals surface area contributed by atoms with E-state index < -0.39 is 67.7 Å². The molecule has 18 heteroatoms. The van der Waals surface area contributed by atoms with Crippen LogP contribution in [0, 0.1) is 11.6 Å². The third kappa shape index (κ3) is 5.67. The molecule has 0 fully saturated rings. The van der Waals surface area contributed by atoms with Crippen molar-refractivity contribution in [3.05, 3.63) is 92.5 Å². The third-order valence-corrected chi connectivity index (χ3v) is 8.92. The number of ether oxygens (including phenoxy) is 2. The van der Waals surface area contributed by atoms with Gasteiger partial charge >= 0.3 is 11.9 Å². The molecule has 6 rings (SSSR count). The van der Waals surface area contributed by atoms with Crippen LogP contribution in [-0.2, 0) is 13.1 Å². The minimum Gasteiger partial charge on any atom is -0.494 e. The molecule has 0 saturated heterocycles. The average Bonchev–Trinajstić information content (AvgIpc) is 3.65. The van der Waals surface area contributed by atoms with Crippen molar-refractivity contribution in [2.75, 3.05) is 14.2 Å². The Hall–Kier alpha value is -6.26. The van der Waals surface area contributed by atoms with E-state index in [2.05, 4.69) is 9.97 Å².